The van der Waals surface area contributed by atoms with E-state index < -0.39 is 5.82 Å². The number of carbonyl (C=O) groups excluding carboxylic acids is 1. The highest BCUT2D eigenvalue weighted by Gasteiger charge is 2.09. The van der Waals surface area contributed by atoms with Gasteiger partial charge in [-0.25, -0.2) is 4.39 Å². The number of ether oxygens (including phenoxy) is 1. The van der Waals surface area contributed by atoms with Crippen LogP contribution in [0.5, 0.6) is 5.75 Å². The summed E-state index contributed by atoms with van der Waals surface area (Å²) < 4.78 is 18.9. The van der Waals surface area contributed by atoms with Gasteiger partial charge in [-0.05, 0) is 60.4 Å². The number of hydrogen-bond acceptors (Lipinski definition) is 2. The van der Waals surface area contributed by atoms with Crippen LogP contribution in [-0.4, -0.2) is 13.4 Å². The first-order valence-electron chi connectivity index (χ1n) is 5.97. The molecule has 0 aromatic heterocycles. The number of aryl methyl sites for hydroxylation is 2. The Morgan fingerprint density at radius 3 is 2.16 bits per heavy atom. The van der Waals surface area contributed by atoms with E-state index in [1.165, 1.54) is 12.1 Å². The molecular weight excluding hydrogens is 243 g/mol. The number of halogens is 1. The third kappa shape index (κ3) is 2.50. The molecule has 0 spiro atoms. The van der Waals surface area contributed by atoms with Gasteiger partial charge in [-0.15, -0.1) is 0 Å². The molecule has 3 heteroatoms. The summed E-state index contributed by atoms with van der Waals surface area (Å²) in [5.41, 5.74) is 3.73. The molecule has 2 aromatic rings. The second-order valence-corrected chi connectivity index (χ2v) is 4.50. The van der Waals surface area contributed by atoms with Crippen LogP contribution in [0, 0.1) is 19.7 Å². The third-order valence-corrected chi connectivity index (χ3v) is 3.13. The zero-order chi connectivity index (χ0) is 14.0. The van der Waals surface area contributed by atoms with E-state index in [-0.39, 0.29) is 5.56 Å². The van der Waals surface area contributed by atoms with E-state index in [9.17, 15) is 9.18 Å². The predicted octanol–water partition coefficient (Wildman–Crippen LogP) is 3.93. The number of aldehydes is 1. The Kier molecular flexibility index (Phi) is 3.65. The highest BCUT2D eigenvalue weighted by Crippen LogP contribution is 2.30. The molecular formula is C16H15FO2. The van der Waals surface area contributed by atoms with Crippen LogP contribution in [0.4, 0.5) is 4.39 Å². The van der Waals surface area contributed by atoms with Gasteiger partial charge in [0, 0.05) is 0 Å². The predicted molar refractivity (Wildman–Crippen MR) is 73.2 cm³/mol. The van der Waals surface area contributed by atoms with Crippen molar-refractivity contribution in [3.05, 3.63) is 52.8 Å². The van der Waals surface area contributed by atoms with E-state index >= 15 is 0 Å². The molecule has 0 bridgehead atoms. The van der Waals surface area contributed by atoms with Crippen molar-refractivity contribution in [2.75, 3.05) is 7.11 Å². The van der Waals surface area contributed by atoms with Gasteiger partial charge in [-0.1, -0.05) is 6.07 Å². The van der Waals surface area contributed by atoms with Crippen molar-refractivity contribution in [2.45, 2.75) is 13.8 Å². The Morgan fingerprint density at radius 2 is 1.68 bits per heavy atom. The van der Waals surface area contributed by atoms with Crippen molar-refractivity contribution < 1.29 is 13.9 Å². The second kappa shape index (κ2) is 5.22. The quantitative estimate of drug-likeness (QED) is 0.780. The van der Waals surface area contributed by atoms with Crippen LogP contribution < -0.4 is 4.74 Å². The average molecular weight is 258 g/mol. The number of benzene rings is 2. The fourth-order valence-corrected chi connectivity index (χ4v) is 2.24. The molecule has 0 saturated heterocycles. The summed E-state index contributed by atoms with van der Waals surface area (Å²) in [5, 5.41) is 0. The molecule has 19 heavy (non-hydrogen) atoms. The second-order valence-electron chi connectivity index (χ2n) is 4.50. The smallest absolute Gasteiger partial charge is 0.152 e. The fourth-order valence-electron chi connectivity index (χ4n) is 2.24. The lowest BCUT2D eigenvalue weighted by atomic mass is 9.99. The van der Waals surface area contributed by atoms with Gasteiger partial charge in [0.25, 0.3) is 0 Å². The van der Waals surface area contributed by atoms with Crippen molar-refractivity contribution in [3.8, 4) is 16.9 Å². The largest absolute Gasteiger partial charge is 0.496 e. The van der Waals surface area contributed by atoms with Crippen LogP contribution in [0.3, 0.4) is 0 Å². The van der Waals surface area contributed by atoms with Gasteiger partial charge in [-0.3, -0.25) is 4.79 Å². The monoisotopic (exact) mass is 258 g/mol. The maximum absolute atomic E-state index is 13.6. The van der Waals surface area contributed by atoms with E-state index in [1.807, 2.05) is 26.0 Å². The maximum Gasteiger partial charge on any atom is 0.152 e. The Bertz CT molecular complexity index is 610. The van der Waals surface area contributed by atoms with Crippen molar-refractivity contribution >= 4 is 6.29 Å². The molecule has 0 atom stereocenters. The summed E-state index contributed by atoms with van der Waals surface area (Å²) in [6.45, 7) is 3.90. The van der Waals surface area contributed by atoms with Gasteiger partial charge < -0.3 is 4.74 Å². The Balaban J connectivity index is 2.53. The lowest BCUT2D eigenvalue weighted by molar-refractivity contribution is 0.112. The summed E-state index contributed by atoms with van der Waals surface area (Å²) in [7, 11) is 1.63. The molecule has 0 heterocycles. The van der Waals surface area contributed by atoms with Crippen molar-refractivity contribution in [1.82, 2.24) is 0 Å². The molecule has 2 rings (SSSR count). The number of hydrogen-bond donors (Lipinski definition) is 0. The summed E-state index contributed by atoms with van der Waals surface area (Å²) >= 11 is 0. The molecule has 0 radical (unpaired) electrons. The van der Waals surface area contributed by atoms with Gasteiger partial charge in [-0.2, -0.15) is 0 Å². The normalized spacial score (nSPS) is 10.3. The molecule has 0 fully saturated rings. The first-order chi connectivity index (χ1) is 9.06. The zero-order valence-corrected chi connectivity index (χ0v) is 11.2. The molecule has 0 N–H and O–H groups in total. The zero-order valence-electron chi connectivity index (χ0n) is 11.2. The Hall–Kier alpha value is -2.16. The SMILES string of the molecule is COc1c(C)cc(-c2ccc(C=O)c(F)c2)cc1C. The third-order valence-electron chi connectivity index (χ3n) is 3.13. The summed E-state index contributed by atoms with van der Waals surface area (Å²) in [6, 6.07) is 8.51. The molecule has 0 unspecified atom stereocenters. The van der Waals surface area contributed by atoms with E-state index in [1.54, 1.807) is 13.2 Å². The number of rotatable bonds is 3. The fraction of sp³-hybridized carbons (Fsp3) is 0.188. The van der Waals surface area contributed by atoms with E-state index in [0.717, 1.165) is 28.0 Å². The Morgan fingerprint density at radius 1 is 1.05 bits per heavy atom. The van der Waals surface area contributed by atoms with Gasteiger partial charge in [0.2, 0.25) is 0 Å². The minimum absolute atomic E-state index is 0.0747. The van der Waals surface area contributed by atoms with Crippen LogP contribution in [0.25, 0.3) is 11.1 Å². The van der Waals surface area contributed by atoms with E-state index in [0.29, 0.717) is 6.29 Å². The maximum atomic E-state index is 13.6. The molecule has 2 aromatic carbocycles. The molecule has 0 aliphatic heterocycles. The van der Waals surface area contributed by atoms with E-state index in [2.05, 4.69) is 0 Å². The number of methoxy groups -OCH3 is 1. The summed E-state index contributed by atoms with van der Waals surface area (Å²) in [5.74, 6) is 0.340. The first-order valence-corrected chi connectivity index (χ1v) is 5.97. The lowest BCUT2D eigenvalue weighted by Gasteiger charge is -2.11. The average Bonchev–Trinajstić information content (AvgIpc) is 2.38. The van der Waals surface area contributed by atoms with Crippen LogP contribution in [0.15, 0.2) is 30.3 Å². The molecule has 0 amide bonds. The summed E-state index contributed by atoms with van der Waals surface area (Å²) in [6.07, 6.45) is 0.517. The van der Waals surface area contributed by atoms with Crippen molar-refractivity contribution in [3.63, 3.8) is 0 Å². The minimum Gasteiger partial charge on any atom is -0.496 e. The topological polar surface area (TPSA) is 26.3 Å². The number of carbonyl (C=O) groups is 1. The highest BCUT2D eigenvalue weighted by molar-refractivity contribution is 5.78. The van der Waals surface area contributed by atoms with Crippen LogP contribution in [-0.2, 0) is 0 Å². The molecule has 0 saturated carbocycles. The van der Waals surface area contributed by atoms with Crippen molar-refractivity contribution in [1.29, 1.82) is 0 Å². The molecule has 0 aliphatic carbocycles. The molecule has 2 nitrogen and oxygen atoms in total. The van der Waals surface area contributed by atoms with E-state index in [4.69, 9.17) is 4.74 Å². The van der Waals surface area contributed by atoms with Crippen LogP contribution >= 0.6 is 0 Å². The van der Waals surface area contributed by atoms with Crippen LogP contribution in [0.1, 0.15) is 21.5 Å². The minimum atomic E-state index is -0.501. The van der Waals surface area contributed by atoms with Crippen LogP contribution in [0.2, 0.25) is 0 Å². The standard InChI is InChI=1S/C16H15FO2/c1-10-6-14(7-11(2)16(10)19-3)12-4-5-13(9-18)15(17)8-12/h4-9H,1-3H3. The van der Waals surface area contributed by atoms with Gasteiger partial charge in [0.1, 0.15) is 11.6 Å². The van der Waals surface area contributed by atoms with Gasteiger partial charge >= 0.3 is 0 Å². The molecule has 98 valence electrons. The first kappa shape index (κ1) is 13.3. The van der Waals surface area contributed by atoms with Gasteiger partial charge in [0.05, 0.1) is 12.7 Å². The Labute approximate surface area is 111 Å². The lowest BCUT2D eigenvalue weighted by Crippen LogP contribution is -1.93. The molecule has 0 aliphatic rings. The van der Waals surface area contributed by atoms with Crippen molar-refractivity contribution in [2.24, 2.45) is 0 Å². The van der Waals surface area contributed by atoms with Gasteiger partial charge in [0.15, 0.2) is 6.29 Å². The summed E-state index contributed by atoms with van der Waals surface area (Å²) in [4.78, 5) is 10.6. The highest BCUT2D eigenvalue weighted by atomic mass is 19.1.